The normalized spacial score (nSPS) is 11.0. The topological polar surface area (TPSA) is 17.8 Å². The Hall–Kier alpha value is -0.580. The van der Waals surface area contributed by atoms with Crippen molar-refractivity contribution in [2.45, 2.75) is 12.2 Å². The van der Waals surface area contributed by atoms with E-state index in [1.54, 1.807) is 13.2 Å². The number of aryl methyl sites for hydroxylation is 1. The number of rotatable bonds is 2. The van der Waals surface area contributed by atoms with Crippen molar-refractivity contribution in [2.75, 3.05) is 0 Å². The van der Waals surface area contributed by atoms with Gasteiger partial charge in [-0.05, 0) is 0 Å². The lowest BCUT2D eigenvalue weighted by Gasteiger charge is -1.94. The van der Waals surface area contributed by atoms with E-state index in [4.69, 9.17) is 0 Å². The van der Waals surface area contributed by atoms with Gasteiger partial charge in [0.05, 0.1) is 0 Å². The molecule has 2 nitrogen and oxygen atoms in total. The molecule has 0 aliphatic carbocycles. The van der Waals surface area contributed by atoms with Crippen molar-refractivity contribution in [1.29, 1.82) is 0 Å². The van der Waals surface area contributed by atoms with Gasteiger partial charge in [0, 0.05) is 24.6 Å². The minimum absolute atomic E-state index is 0.164. The second kappa shape index (κ2) is 3.21. The first-order valence-corrected chi connectivity index (χ1v) is 3.70. The molecule has 0 radical (unpaired) electrons. The van der Waals surface area contributed by atoms with Gasteiger partial charge in [-0.25, -0.2) is 8.78 Å². The summed E-state index contributed by atoms with van der Waals surface area (Å²) in [5.74, 6) is 0.299. The van der Waals surface area contributed by atoms with E-state index in [-0.39, 0.29) is 5.69 Å². The Morgan fingerprint density at radius 2 is 2.36 bits per heavy atom. The van der Waals surface area contributed by atoms with Crippen LogP contribution in [-0.4, -0.2) is 9.78 Å². The second-order valence-corrected chi connectivity index (χ2v) is 2.49. The van der Waals surface area contributed by atoms with Crippen LogP contribution in [0.3, 0.4) is 0 Å². The molecular formula is C6H8F2N2S. The van der Waals surface area contributed by atoms with E-state index in [1.165, 1.54) is 4.68 Å². The Morgan fingerprint density at radius 3 is 2.73 bits per heavy atom. The number of aromatic nitrogens is 2. The minimum atomic E-state index is -2.50. The fourth-order valence-corrected chi connectivity index (χ4v) is 1.10. The van der Waals surface area contributed by atoms with Gasteiger partial charge in [0.15, 0.2) is 0 Å². The van der Waals surface area contributed by atoms with Crippen LogP contribution in [0.15, 0.2) is 6.20 Å². The van der Waals surface area contributed by atoms with E-state index in [1.807, 2.05) is 0 Å². The summed E-state index contributed by atoms with van der Waals surface area (Å²) in [5, 5.41) is 3.60. The molecular weight excluding hydrogens is 170 g/mol. The van der Waals surface area contributed by atoms with Gasteiger partial charge in [-0.15, -0.1) is 0 Å². The Morgan fingerprint density at radius 1 is 1.73 bits per heavy atom. The zero-order valence-electron chi connectivity index (χ0n) is 5.96. The summed E-state index contributed by atoms with van der Waals surface area (Å²) in [6.45, 7) is 0. The van der Waals surface area contributed by atoms with Crippen LogP contribution in [0.4, 0.5) is 8.78 Å². The number of hydrogen-bond donors (Lipinski definition) is 1. The van der Waals surface area contributed by atoms with Gasteiger partial charge in [0.25, 0.3) is 6.43 Å². The van der Waals surface area contributed by atoms with Crippen molar-refractivity contribution in [3.63, 3.8) is 0 Å². The molecule has 0 unspecified atom stereocenters. The van der Waals surface area contributed by atoms with Crippen molar-refractivity contribution in [1.82, 2.24) is 9.78 Å². The summed E-state index contributed by atoms with van der Waals surface area (Å²) in [4.78, 5) is 0. The predicted octanol–water partition coefficient (Wildman–Crippen LogP) is 1.79. The fourth-order valence-electron chi connectivity index (χ4n) is 0.860. The smallest absolute Gasteiger partial charge is 0.275 e. The fraction of sp³-hybridized carbons (Fsp3) is 0.500. The molecule has 5 heteroatoms. The van der Waals surface area contributed by atoms with Crippen molar-refractivity contribution in [3.05, 3.63) is 17.5 Å². The first-order valence-electron chi connectivity index (χ1n) is 3.06. The third-order valence-corrected chi connectivity index (χ3v) is 1.65. The summed E-state index contributed by atoms with van der Waals surface area (Å²) in [7, 11) is 1.61. The molecule has 1 aromatic heterocycles. The van der Waals surface area contributed by atoms with Crippen molar-refractivity contribution < 1.29 is 8.78 Å². The third-order valence-electron chi connectivity index (χ3n) is 1.31. The number of nitrogens with zero attached hydrogens (tertiary/aromatic N) is 2. The summed E-state index contributed by atoms with van der Waals surface area (Å²) in [6, 6.07) is 0. The third kappa shape index (κ3) is 1.71. The number of thiol groups is 1. The Labute approximate surface area is 68.6 Å². The summed E-state index contributed by atoms with van der Waals surface area (Å²) in [6.07, 6.45) is -0.951. The van der Waals surface area contributed by atoms with Gasteiger partial charge >= 0.3 is 0 Å². The molecule has 0 fully saturated rings. The lowest BCUT2D eigenvalue weighted by atomic mass is 10.3. The predicted molar refractivity (Wildman–Crippen MR) is 40.9 cm³/mol. The van der Waals surface area contributed by atoms with E-state index in [0.717, 1.165) is 0 Å². The van der Waals surface area contributed by atoms with E-state index < -0.39 is 6.43 Å². The largest absolute Gasteiger partial charge is 0.282 e. The van der Waals surface area contributed by atoms with Gasteiger partial charge in [0.2, 0.25) is 0 Å². The highest BCUT2D eigenvalue weighted by atomic mass is 32.1. The highest BCUT2D eigenvalue weighted by Crippen LogP contribution is 2.21. The lowest BCUT2D eigenvalue weighted by Crippen LogP contribution is -1.91. The van der Waals surface area contributed by atoms with Crippen LogP contribution >= 0.6 is 12.6 Å². The van der Waals surface area contributed by atoms with Crippen LogP contribution in [0.2, 0.25) is 0 Å². The first-order chi connectivity index (χ1) is 5.15. The van der Waals surface area contributed by atoms with Gasteiger partial charge in [-0.1, -0.05) is 0 Å². The maximum atomic E-state index is 12.1. The molecule has 0 aliphatic rings. The number of hydrogen-bond acceptors (Lipinski definition) is 2. The van der Waals surface area contributed by atoms with Crippen molar-refractivity contribution in [2.24, 2.45) is 7.05 Å². The molecule has 0 amide bonds. The molecule has 0 aliphatic heterocycles. The molecule has 0 saturated heterocycles. The van der Waals surface area contributed by atoms with Gasteiger partial charge in [-0.3, -0.25) is 4.68 Å². The zero-order chi connectivity index (χ0) is 8.43. The summed E-state index contributed by atoms with van der Waals surface area (Å²) >= 11 is 3.90. The molecule has 0 bridgehead atoms. The van der Waals surface area contributed by atoms with E-state index in [0.29, 0.717) is 11.3 Å². The van der Waals surface area contributed by atoms with E-state index in [9.17, 15) is 8.78 Å². The van der Waals surface area contributed by atoms with Crippen LogP contribution < -0.4 is 0 Å². The van der Waals surface area contributed by atoms with Gasteiger partial charge < -0.3 is 0 Å². The van der Waals surface area contributed by atoms with Gasteiger partial charge in [-0.2, -0.15) is 17.7 Å². The number of alkyl halides is 2. The molecule has 0 saturated carbocycles. The lowest BCUT2D eigenvalue weighted by molar-refractivity contribution is 0.144. The van der Waals surface area contributed by atoms with Crippen LogP contribution in [-0.2, 0) is 12.8 Å². The molecule has 1 rings (SSSR count). The Bertz CT molecular complexity index is 247. The number of halogens is 2. The highest BCUT2D eigenvalue weighted by Gasteiger charge is 2.15. The molecule has 0 N–H and O–H groups in total. The summed E-state index contributed by atoms with van der Waals surface area (Å²) < 4.78 is 25.6. The monoisotopic (exact) mass is 178 g/mol. The minimum Gasteiger partial charge on any atom is -0.275 e. The van der Waals surface area contributed by atoms with E-state index >= 15 is 0 Å². The standard InChI is InChI=1S/C6H8F2N2S/c1-10-2-4(3-11)5(9-10)6(7)8/h2,6,11H,3H2,1H3. The Balaban J connectivity index is 3.02. The summed E-state index contributed by atoms with van der Waals surface area (Å²) in [5.41, 5.74) is 0.327. The first kappa shape index (κ1) is 8.52. The van der Waals surface area contributed by atoms with Crippen molar-refractivity contribution in [3.8, 4) is 0 Å². The maximum absolute atomic E-state index is 12.1. The quantitative estimate of drug-likeness (QED) is 0.683. The molecule has 1 aromatic rings. The van der Waals surface area contributed by atoms with Crippen LogP contribution in [0.5, 0.6) is 0 Å². The SMILES string of the molecule is Cn1cc(CS)c(C(F)F)n1. The van der Waals surface area contributed by atoms with Crippen molar-refractivity contribution >= 4 is 12.6 Å². The Kier molecular flexibility index (Phi) is 2.49. The highest BCUT2D eigenvalue weighted by molar-refractivity contribution is 7.79. The van der Waals surface area contributed by atoms with Crippen LogP contribution in [0.1, 0.15) is 17.7 Å². The van der Waals surface area contributed by atoms with Crippen LogP contribution in [0.25, 0.3) is 0 Å². The van der Waals surface area contributed by atoms with Gasteiger partial charge in [0.1, 0.15) is 5.69 Å². The molecule has 0 aromatic carbocycles. The molecule has 1 heterocycles. The molecule has 0 atom stereocenters. The zero-order valence-corrected chi connectivity index (χ0v) is 6.85. The van der Waals surface area contributed by atoms with E-state index in [2.05, 4.69) is 17.7 Å². The molecule has 0 spiro atoms. The average Bonchev–Trinajstić information content (AvgIpc) is 2.30. The average molecular weight is 178 g/mol. The van der Waals surface area contributed by atoms with Crippen LogP contribution in [0, 0.1) is 0 Å². The molecule has 11 heavy (non-hydrogen) atoms. The second-order valence-electron chi connectivity index (χ2n) is 2.17. The maximum Gasteiger partial charge on any atom is 0.282 e. The molecule has 62 valence electrons.